The fraction of sp³-hybridized carbons (Fsp3) is 0.310. The van der Waals surface area contributed by atoms with Gasteiger partial charge in [-0.1, -0.05) is 80.0 Å². The third kappa shape index (κ3) is 8.80. The molecule has 208 valence electrons. The maximum Gasteiger partial charge on any atom is 0.244 e. The van der Waals surface area contributed by atoms with Crippen molar-refractivity contribution >= 4 is 39.1 Å². The third-order valence-electron chi connectivity index (χ3n) is 6.03. The molecule has 3 rings (SSSR count). The number of benzene rings is 3. The predicted octanol–water partition coefficient (Wildman–Crippen LogP) is 4.66. The Bertz CT molecular complexity index is 1390. The summed E-state index contributed by atoms with van der Waals surface area (Å²) in [6.07, 6.45) is 1.14. The number of rotatable bonds is 12. The number of nitrogens with one attached hydrogen (secondary N) is 1. The number of nitrogens with zero attached hydrogens (tertiary/aromatic N) is 2. The average molecular weight is 574 g/mol. The zero-order valence-corrected chi connectivity index (χ0v) is 23.8. The molecule has 0 saturated heterocycles. The second-order valence-corrected chi connectivity index (χ2v) is 12.0. The van der Waals surface area contributed by atoms with Crippen molar-refractivity contribution in [2.75, 3.05) is 23.7 Å². The predicted molar refractivity (Wildman–Crippen MR) is 152 cm³/mol. The molecule has 0 aromatic heterocycles. The lowest BCUT2D eigenvalue weighted by molar-refractivity contribution is -0.140. The molecule has 0 radical (unpaired) electrons. The van der Waals surface area contributed by atoms with Crippen LogP contribution < -0.4 is 9.62 Å². The SMILES string of the molecule is CC(C)CNC(=O)[C@H](Cc1ccccc1)N(Cc1ccccc1Cl)C(=O)CN(c1cccc(F)c1)S(C)(=O)=O. The van der Waals surface area contributed by atoms with Gasteiger partial charge in [-0.25, -0.2) is 12.8 Å². The highest BCUT2D eigenvalue weighted by Crippen LogP contribution is 2.23. The van der Waals surface area contributed by atoms with E-state index < -0.39 is 34.3 Å². The Morgan fingerprint density at radius 3 is 2.26 bits per heavy atom. The van der Waals surface area contributed by atoms with E-state index in [1.807, 2.05) is 44.2 Å². The van der Waals surface area contributed by atoms with E-state index in [1.165, 1.54) is 23.1 Å². The topological polar surface area (TPSA) is 86.8 Å². The number of anilines is 1. The first-order chi connectivity index (χ1) is 18.5. The van der Waals surface area contributed by atoms with Crippen LogP contribution in [0.25, 0.3) is 0 Å². The molecule has 0 aliphatic rings. The molecule has 3 aromatic rings. The Kier molecular flexibility index (Phi) is 10.5. The third-order valence-corrected chi connectivity index (χ3v) is 7.54. The molecule has 39 heavy (non-hydrogen) atoms. The molecular weight excluding hydrogens is 541 g/mol. The summed E-state index contributed by atoms with van der Waals surface area (Å²) in [6, 6.07) is 20.2. The van der Waals surface area contributed by atoms with Gasteiger partial charge in [-0.05, 0) is 41.3 Å². The van der Waals surface area contributed by atoms with Crippen molar-refractivity contribution in [2.24, 2.45) is 5.92 Å². The van der Waals surface area contributed by atoms with Gasteiger partial charge in [0.25, 0.3) is 0 Å². The lowest BCUT2D eigenvalue weighted by atomic mass is 10.0. The number of sulfonamides is 1. The number of hydrogen-bond donors (Lipinski definition) is 1. The van der Waals surface area contributed by atoms with Gasteiger partial charge in [0.15, 0.2) is 0 Å². The van der Waals surface area contributed by atoms with Crippen LogP contribution in [-0.2, 0) is 32.6 Å². The van der Waals surface area contributed by atoms with Gasteiger partial charge in [0.2, 0.25) is 21.8 Å². The normalized spacial score (nSPS) is 12.2. The van der Waals surface area contributed by atoms with Gasteiger partial charge < -0.3 is 10.2 Å². The summed E-state index contributed by atoms with van der Waals surface area (Å²) in [5.41, 5.74) is 1.43. The minimum Gasteiger partial charge on any atom is -0.354 e. The summed E-state index contributed by atoms with van der Waals surface area (Å²) in [4.78, 5) is 28.9. The minimum atomic E-state index is -3.98. The molecule has 2 amide bonds. The molecule has 0 unspecified atom stereocenters. The summed E-state index contributed by atoms with van der Waals surface area (Å²) in [6.45, 7) is 3.66. The number of hydrogen-bond acceptors (Lipinski definition) is 4. The van der Waals surface area contributed by atoms with E-state index in [4.69, 9.17) is 11.6 Å². The van der Waals surface area contributed by atoms with Crippen molar-refractivity contribution in [3.05, 3.63) is 101 Å². The summed E-state index contributed by atoms with van der Waals surface area (Å²) < 4.78 is 40.3. The quantitative estimate of drug-likeness (QED) is 0.341. The molecule has 0 bridgehead atoms. The fourth-order valence-electron chi connectivity index (χ4n) is 4.03. The van der Waals surface area contributed by atoms with Gasteiger partial charge in [-0.2, -0.15) is 0 Å². The van der Waals surface area contributed by atoms with E-state index in [2.05, 4.69) is 5.32 Å². The average Bonchev–Trinajstić information content (AvgIpc) is 2.88. The molecule has 0 heterocycles. The number of carbonyl (C=O) groups excluding carboxylic acids is 2. The zero-order valence-electron chi connectivity index (χ0n) is 22.2. The molecule has 0 fully saturated rings. The zero-order chi connectivity index (χ0) is 28.6. The second-order valence-electron chi connectivity index (χ2n) is 9.71. The highest BCUT2D eigenvalue weighted by Gasteiger charge is 2.33. The van der Waals surface area contributed by atoms with Crippen LogP contribution in [0.2, 0.25) is 5.02 Å². The van der Waals surface area contributed by atoms with Crippen molar-refractivity contribution in [3.63, 3.8) is 0 Å². The number of halogens is 2. The Balaban J connectivity index is 2.06. The first-order valence-corrected chi connectivity index (χ1v) is 14.8. The maximum absolute atomic E-state index is 14.0. The molecule has 1 N–H and O–H groups in total. The minimum absolute atomic E-state index is 0.00686. The van der Waals surface area contributed by atoms with Gasteiger partial charge in [0, 0.05) is 24.5 Å². The molecule has 0 spiro atoms. The molecule has 1 atom stereocenters. The van der Waals surface area contributed by atoms with Gasteiger partial charge >= 0.3 is 0 Å². The molecule has 0 aliphatic carbocycles. The number of carbonyl (C=O) groups is 2. The van der Waals surface area contributed by atoms with Crippen LogP contribution in [0.5, 0.6) is 0 Å². The molecule has 10 heteroatoms. The van der Waals surface area contributed by atoms with E-state index in [1.54, 1.807) is 24.3 Å². The molecule has 3 aromatic carbocycles. The van der Waals surface area contributed by atoms with Crippen LogP contribution in [-0.4, -0.2) is 50.5 Å². The summed E-state index contributed by atoms with van der Waals surface area (Å²) in [5.74, 6) is -1.47. The highest BCUT2D eigenvalue weighted by atomic mass is 35.5. The van der Waals surface area contributed by atoms with E-state index in [0.717, 1.165) is 22.2 Å². The van der Waals surface area contributed by atoms with E-state index in [9.17, 15) is 22.4 Å². The lowest BCUT2D eigenvalue weighted by Gasteiger charge is -2.33. The van der Waals surface area contributed by atoms with Gasteiger partial charge in [0.1, 0.15) is 18.4 Å². The summed E-state index contributed by atoms with van der Waals surface area (Å²) >= 11 is 6.43. The fourth-order valence-corrected chi connectivity index (χ4v) is 5.07. The van der Waals surface area contributed by atoms with Crippen molar-refractivity contribution < 1.29 is 22.4 Å². The van der Waals surface area contributed by atoms with Gasteiger partial charge in [-0.3, -0.25) is 13.9 Å². The van der Waals surface area contributed by atoms with Gasteiger partial charge in [0.05, 0.1) is 11.9 Å². The lowest BCUT2D eigenvalue weighted by Crippen LogP contribution is -2.53. The highest BCUT2D eigenvalue weighted by molar-refractivity contribution is 7.92. The van der Waals surface area contributed by atoms with Crippen LogP contribution in [0.1, 0.15) is 25.0 Å². The first-order valence-electron chi connectivity index (χ1n) is 12.5. The van der Waals surface area contributed by atoms with E-state index in [0.29, 0.717) is 17.1 Å². The van der Waals surface area contributed by atoms with Crippen LogP contribution in [0, 0.1) is 11.7 Å². The van der Waals surface area contributed by atoms with Crippen molar-refractivity contribution in [3.8, 4) is 0 Å². The standard InChI is InChI=1S/C29H33ClFN3O4S/c1-21(2)18-32-29(36)27(16-22-10-5-4-6-11-22)33(19-23-12-7-8-15-26(23)30)28(35)20-34(39(3,37)38)25-14-9-13-24(31)17-25/h4-15,17,21,27H,16,18-20H2,1-3H3,(H,32,36)/t27-/m0/s1. The summed E-state index contributed by atoms with van der Waals surface area (Å²) in [7, 11) is -3.98. The number of amides is 2. The van der Waals surface area contributed by atoms with E-state index in [-0.39, 0.29) is 30.5 Å². The molecular formula is C29H33ClFN3O4S. The van der Waals surface area contributed by atoms with E-state index >= 15 is 0 Å². The summed E-state index contributed by atoms with van der Waals surface area (Å²) in [5, 5.41) is 3.32. The Morgan fingerprint density at radius 1 is 0.974 bits per heavy atom. The molecule has 0 saturated carbocycles. The Labute approximate surface area is 234 Å². The second kappa shape index (κ2) is 13.6. The monoisotopic (exact) mass is 573 g/mol. The smallest absolute Gasteiger partial charge is 0.244 e. The van der Waals surface area contributed by atoms with Crippen molar-refractivity contribution in [1.29, 1.82) is 0 Å². The molecule has 0 aliphatic heterocycles. The van der Waals surface area contributed by atoms with Crippen LogP contribution in [0.4, 0.5) is 10.1 Å². The van der Waals surface area contributed by atoms with Crippen molar-refractivity contribution in [1.82, 2.24) is 10.2 Å². The molecule has 7 nitrogen and oxygen atoms in total. The Morgan fingerprint density at radius 2 is 1.64 bits per heavy atom. The van der Waals surface area contributed by atoms with Crippen LogP contribution in [0.3, 0.4) is 0 Å². The van der Waals surface area contributed by atoms with Gasteiger partial charge in [-0.15, -0.1) is 0 Å². The first kappa shape index (κ1) is 30.1. The van der Waals surface area contributed by atoms with Crippen LogP contribution in [0.15, 0.2) is 78.9 Å². The Hall–Kier alpha value is -3.43. The largest absolute Gasteiger partial charge is 0.354 e. The van der Waals surface area contributed by atoms with Crippen molar-refractivity contribution in [2.45, 2.75) is 32.9 Å². The van der Waals surface area contributed by atoms with Crippen LogP contribution >= 0.6 is 11.6 Å². The maximum atomic E-state index is 14.0.